The molecule has 1 atom stereocenters. The Kier molecular flexibility index (Phi) is 5.65. The molecule has 112 valence electrons. The van der Waals surface area contributed by atoms with Crippen LogP contribution in [0.5, 0.6) is 0 Å². The predicted molar refractivity (Wildman–Crippen MR) is 69.3 cm³/mol. The summed E-state index contributed by atoms with van der Waals surface area (Å²) in [7, 11) is -4.14. The summed E-state index contributed by atoms with van der Waals surface area (Å²) in [4.78, 5) is 29.6. The van der Waals surface area contributed by atoms with Crippen molar-refractivity contribution >= 4 is 21.9 Å². The number of nitrogens with zero attached hydrogens (tertiary/aromatic N) is 1. The third kappa shape index (κ3) is 6.29. The minimum Gasteiger partial charge on any atom is -0.353 e. The third-order valence-electron chi connectivity index (χ3n) is 2.32. The van der Waals surface area contributed by atoms with Crippen molar-refractivity contribution in [1.29, 1.82) is 0 Å². The quantitative estimate of drug-likeness (QED) is 0.450. The first-order valence-corrected chi connectivity index (χ1v) is 7.36. The molecule has 0 bridgehead atoms. The molecule has 0 radical (unpaired) electrons. The van der Waals surface area contributed by atoms with Crippen molar-refractivity contribution < 1.29 is 22.6 Å². The van der Waals surface area contributed by atoms with Gasteiger partial charge in [-0.15, -0.1) is 0 Å². The summed E-state index contributed by atoms with van der Waals surface area (Å²) in [6, 6.07) is -0.864. The normalized spacial score (nSPS) is 12.7. The summed E-state index contributed by atoms with van der Waals surface area (Å²) >= 11 is 0. The van der Waals surface area contributed by atoms with Crippen LogP contribution < -0.4 is 10.6 Å². The van der Waals surface area contributed by atoms with E-state index in [9.17, 15) is 18.0 Å². The number of H-pyrrole nitrogens is 1. The number of hydrogen-bond donors (Lipinski definition) is 4. The van der Waals surface area contributed by atoms with Crippen LogP contribution >= 0.6 is 0 Å². The van der Waals surface area contributed by atoms with Crippen LogP contribution in [0.15, 0.2) is 12.5 Å². The maximum absolute atomic E-state index is 11.9. The third-order valence-corrected chi connectivity index (χ3v) is 3.04. The number of rotatable bonds is 7. The average Bonchev–Trinajstić information content (AvgIpc) is 2.78. The van der Waals surface area contributed by atoms with Gasteiger partial charge in [-0.3, -0.25) is 14.1 Å². The van der Waals surface area contributed by atoms with Gasteiger partial charge in [-0.05, 0) is 0 Å². The van der Waals surface area contributed by atoms with Crippen molar-refractivity contribution in [2.24, 2.45) is 0 Å². The molecule has 1 aromatic rings. The van der Waals surface area contributed by atoms with Gasteiger partial charge in [-0.2, -0.15) is 8.42 Å². The average molecular weight is 304 g/mol. The second-order valence-electron chi connectivity index (χ2n) is 4.09. The Hall–Kier alpha value is -1.94. The number of nitrogens with one attached hydrogen (secondary N) is 3. The summed E-state index contributed by atoms with van der Waals surface area (Å²) in [5, 5.41) is 4.78. The van der Waals surface area contributed by atoms with E-state index in [1.165, 1.54) is 13.3 Å². The first-order chi connectivity index (χ1) is 9.28. The number of carbonyl (C=O) groups is 2. The smallest absolute Gasteiger partial charge is 0.266 e. The van der Waals surface area contributed by atoms with E-state index in [0.29, 0.717) is 5.69 Å². The molecule has 9 nitrogen and oxygen atoms in total. The van der Waals surface area contributed by atoms with E-state index in [-0.39, 0.29) is 13.0 Å². The fourth-order valence-corrected chi connectivity index (χ4v) is 1.85. The van der Waals surface area contributed by atoms with E-state index in [1.54, 1.807) is 6.20 Å². The van der Waals surface area contributed by atoms with E-state index >= 15 is 0 Å². The highest BCUT2D eigenvalue weighted by Crippen LogP contribution is 1.99. The summed E-state index contributed by atoms with van der Waals surface area (Å²) < 4.78 is 29.6. The van der Waals surface area contributed by atoms with Gasteiger partial charge in [0.05, 0.1) is 17.8 Å². The largest absolute Gasteiger partial charge is 0.353 e. The van der Waals surface area contributed by atoms with Crippen molar-refractivity contribution in [3.05, 3.63) is 18.2 Å². The molecule has 0 spiro atoms. The van der Waals surface area contributed by atoms with Gasteiger partial charge in [-0.1, -0.05) is 0 Å². The minimum absolute atomic E-state index is 0.167. The topological polar surface area (TPSA) is 141 Å². The molecule has 1 unspecified atom stereocenters. The number of hydrogen-bond acceptors (Lipinski definition) is 5. The van der Waals surface area contributed by atoms with Crippen LogP contribution in [0.2, 0.25) is 0 Å². The summed E-state index contributed by atoms with van der Waals surface area (Å²) in [6.45, 7) is 1.03. The molecular weight excluding hydrogens is 288 g/mol. The molecule has 1 aromatic heterocycles. The van der Waals surface area contributed by atoms with E-state index in [0.717, 1.165) is 0 Å². The zero-order chi connectivity index (χ0) is 15.2. The standard InChI is InChI=1S/C10H16N4O5S/c1-7(15)14-9(4-8-5-11-6-13-8)10(16)12-2-3-20(17,18)19/h5-6,9H,2-4H2,1H3,(H,11,13)(H,12,16)(H,14,15)(H,17,18,19). The monoisotopic (exact) mass is 304 g/mol. The molecule has 0 saturated heterocycles. The van der Waals surface area contributed by atoms with Gasteiger partial charge in [0.25, 0.3) is 10.1 Å². The van der Waals surface area contributed by atoms with E-state index in [1.807, 2.05) is 0 Å². The molecule has 0 aliphatic rings. The van der Waals surface area contributed by atoms with E-state index < -0.39 is 33.7 Å². The fraction of sp³-hybridized carbons (Fsp3) is 0.500. The van der Waals surface area contributed by atoms with Crippen LogP contribution in [0, 0.1) is 0 Å². The Bertz CT molecular complexity index is 554. The van der Waals surface area contributed by atoms with Crippen molar-refractivity contribution in [1.82, 2.24) is 20.6 Å². The second-order valence-corrected chi connectivity index (χ2v) is 5.67. The van der Waals surface area contributed by atoms with Crippen LogP contribution in [-0.2, 0) is 26.1 Å². The molecule has 0 aliphatic carbocycles. The molecule has 0 aromatic carbocycles. The van der Waals surface area contributed by atoms with Crippen LogP contribution in [0.25, 0.3) is 0 Å². The molecule has 4 N–H and O–H groups in total. The van der Waals surface area contributed by atoms with Crippen molar-refractivity contribution in [3.8, 4) is 0 Å². The minimum atomic E-state index is -4.14. The maximum Gasteiger partial charge on any atom is 0.266 e. The Morgan fingerprint density at radius 3 is 2.70 bits per heavy atom. The van der Waals surface area contributed by atoms with Gasteiger partial charge < -0.3 is 15.6 Å². The summed E-state index contributed by atoms with van der Waals surface area (Å²) in [5.74, 6) is -1.53. The van der Waals surface area contributed by atoms with Gasteiger partial charge >= 0.3 is 0 Å². The number of amides is 2. The van der Waals surface area contributed by atoms with Gasteiger partial charge in [0.2, 0.25) is 11.8 Å². The molecule has 1 heterocycles. The summed E-state index contributed by atoms with van der Waals surface area (Å²) in [6.07, 6.45) is 3.19. The van der Waals surface area contributed by atoms with Gasteiger partial charge in [0.1, 0.15) is 6.04 Å². The van der Waals surface area contributed by atoms with Crippen molar-refractivity contribution in [3.63, 3.8) is 0 Å². The Labute approximate surface area is 115 Å². The predicted octanol–water partition coefficient (Wildman–Crippen LogP) is -1.54. The molecule has 1 rings (SSSR count). The van der Waals surface area contributed by atoms with Crippen LogP contribution in [0.4, 0.5) is 0 Å². The zero-order valence-electron chi connectivity index (χ0n) is 10.8. The highest BCUT2D eigenvalue weighted by atomic mass is 32.2. The second kappa shape index (κ2) is 7.01. The molecule has 10 heteroatoms. The lowest BCUT2D eigenvalue weighted by atomic mass is 10.1. The van der Waals surface area contributed by atoms with Crippen molar-refractivity contribution in [2.75, 3.05) is 12.3 Å². The van der Waals surface area contributed by atoms with Gasteiger partial charge in [-0.25, -0.2) is 4.98 Å². The molecule has 0 aliphatic heterocycles. The van der Waals surface area contributed by atoms with Gasteiger partial charge in [0.15, 0.2) is 0 Å². The highest BCUT2D eigenvalue weighted by Gasteiger charge is 2.20. The van der Waals surface area contributed by atoms with Crippen LogP contribution in [0.3, 0.4) is 0 Å². The number of imidazole rings is 1. The fourth-order valence-electron chi connectivity index (χ4n) is 1.49. The van der Waals surface area contributed by atoms with Crippen LogP contribution in [-0.4, -0.2) is 53.1 Å². The lowest BCUT2D eigenvalue weighted by Gasteiger charge is -2.16. The van der Waals surface area contributed by atoms with E-state index in [4.69, 9.17) is 4.55 Å². The Morgan fingerprint density at radius 1 is 1.50 bits per heavy atom. The number of aromatic nitrogens is 2. The Balaban J connectivity index is 2.58. The van der Waals surface area contributed by atoms with Crippen molar-refractivity contribution in [2.45, 2.75) is 19.4 Å². The lowest BCUT2D eigenvalue weighted by Crippen LogP contribution is -2.48. The SMILES string of the molecule is CC(=O)NC(Cc1c[nH]cn1)C(=O)NCCS(=O)(=O)O. The zero-order valence-corrected chi connectivity index (χ0v) is 11.6. The van der Waals surface area contributed by atoms with Gasteiger partial charge in [0, 0.05) is 26.1 Å². The number of carbonyl (C=O) groups excluding carboxylic acids is 2. The highest BCUT2D eigenvalue weighted by molar-refractivity contribution is 7.85. The molecule has 2 amide bonds. The number of aromatic amines is 1. The summed E-state index contributed by atoms with van der Waals surface area (Å²) in [5.41, 5.74) is 0.577. The van der Waals surface area contributed by atoms with E-state index in [2.05, 4.69) is 20.6 Å². The maximum atomic E-state index is 11.9. The molecule has 20 heavy (non-hydrogen) atoms. The first kappa shape index (κ1) is 16.1. The molecular formula is C10H16N4O5S. The molecule has 0 fully saturated rings. The first-order valence-electron chi connectivity index (χ1n) is 5.75. The Morgan fingerprint density at radius 2 is 2.20 bits per heavy atom. The lowest BCUT2D eigenvalue weighted by molar-refractivity contribution is -0.128. The van der Waals surface area contributed by atoms with Crippen LogP contribution in [0.1, 0.15) is 12.6 Å². The molecule has 0 saturated carbocycles.